The highest BCUT2D eigenvalue weighted by molar-refractivity contribution is 5.99. The summed E-state index contributed by atoms with van der Waals surface area (Å²) in [6.07, 6.45) is 0. The van der Waals surface area contributed by atoms with E-state index in [1.807, 2.05) is 26.0 Å². The van der Waals surface area contributed by atoms with E-state index in [0.29, 0.717) is 0 Å². The number of nitrogens with zero attached hydrogens (tertiary/aromatic N) is 1. The fourth-order valence-corrected chi connectivity index (χ4v) is 3.34. The largest absolute Gasteiger partial charge is 0.398 e. The van der Waals surface area contributed by atoms with Crippen LogP contribution >= 0.6 is 0 Å². The fraction of sp³-hybridized carbons (Fsp3) is 0.143. The van der Waals surface area contributed by atoms with E-state index in [1.165, 1.54) is 5.56 Å². The maximum absolute atomic E-state index is 6.22. The Morgan fingerprint density at radius 2 is 1.20 bits per heavy atom. The van der Waals surface area contributed by atoms with E-state index < -0.39 is 0 Å². The smallest absolute Gasteiger partial charge is 0.0718 e. The number of benzene rings is 3. The molecule has 0 radical (unpaired) electrons. The molecule has 0 fully saturated rings. The Bertz CT molecular complexity index is 934. The van der Waals surface area contributed by atoms with Crippen molar-refractivity contribution in [3.05, 3.63) is 65.2 Å². The quantitative estimate of drug-likeness (QED) is 0.414. The topological polar surface area (TPSA) is 67.3 Å². The van der Waals surface area contributed by atoms with E-state index in [4.69, 9.17) is 11.5 Å². The van der Waals surface area contributed by atoms with Crippen molar-refractivity contribution in [2.45, 2.75) is 20.8 Å². The van der Waals surface area contributed by atoms with Crippen LogP contribution in [0.4, 0.5) is 39.8 Å². The number of hydrogen-bond acceptors (Lipinski definition) is 4. The molecule has 0 atom stereocenters. The van der Waals surface area contributed by atoms with E-state index in [-0.39, 0.29) is 0 Å². The van der Waals surface area contributed by atoms with Crippen molar-refractivity contribution in [1.29, 1.82) is 0 Å². The lowest BCUT2D eigenvalue weighted by Gasteiger charge is -2.35. The van der Waals surface area contributed by atoms with Crippen LogP contribution in [0.5, 0.6) is 0 Å². The summed E-state index contributed by atoms with van der Waals surface area (Å²) in [4.78, 5) is 2.24. The number of fused-ring (bicyclic) bond motifs is 2. The summed E-state index contributed by atoms with van der Waals surface area (Å²) in [5.74, 6) is 0. The highest BCUT2D eigenvalue weighted by Crippen LogP contribution is 2.50. The lowest BCUT2D eigenvalue weighted by Crippen LogP contribution is -2.19. The average Bonchev–Trinajstić information content (AvgIpc) is 2.57. The maximum Gasteiger partial charge on any atom is 0.0718 e. The summed E-state index contributed by atoms with van der Waals surface area (Å²) >= 11 is 0. The second-order valence-electron chi connectivity index (χ2n) is 6.70. The predicted octanol–water partition coefficient (Wildman–Crippen LogP) is 5.30. The van der Waals surface area contributed by atoms with Gasteiger partial charge in [0, 0.05) is 17.1 Å². The van der Waals surface area contributed by atoms with Crippen molar-refractivity contribution in [3.8, 4) is 0 Å². The molecule has 1 heterocycles. The van der Waals surface area contributed by atoms with Crippen LogP contribution in [0.2, 0.25) is 0 Å². The van der Waals surface area contributed by atoms with Gasteiger partial charge in [0.05, 0.1) is 22.7 Å². The van der Waals surface area contributed by atoms with Gasteiger partial charge in [-0.05, 0) is 67.8 Å². The molecule has 3 aromatic rings. The number of para-hydroxylation sites is 1. The second-order valence-corrected chi connectivity index (χ2v) is 6.70. The zero-order valence-corrected chi connectivity index (χ0v) is 14.7. The van der Waals surface area contributed by atoms with Gasteiger partial charge in [-0.3, -0.25) is 0 Å². The van der Waals surface area contributed by atoms with Gasteiger partial charge >= 0.3 is 0 Å². The van der Waals surface area contributed by atoms with Crippen LogP contribution < -0.4 is 21.7 Å². The monoisotopic (exact) mass is 330 g/mol. The zero-order chi connectivity index (χ0) is 17.7. The van der Waals surface area contributed by atoms with E-state index in [9.17, 15) is 0 Å². The molecule has 0 amide bonds. The van der Waals surface area contributed by atoms with Crippen LogP contribution in [0.1, 0.15) is 16.7 Å². The lowest BCUT2D eigenvalue weighted by atomic mass is 10.0. The van der Waals surface area contributed by atoms with Crippen molar-refractivity contribution in [2.24, 2.45) is 0 Å². The third kappa shape index (κ3) is 2.38. The number of nitrogens with two attached hydrogens (primary N) is 2. The molecule has 126 valence electrons. The molecule has 4 heteroatoms. The first-order valence-corrected chi connectivity index (χ1v) is 8.38. The van der Waals surface area contributed by atoms with Crippen LogP contribution in [0.25, 0.3) is 0 Å². The summed E-state index contributed by atoms with van der Waals surface area (Å²) < 4.78 is 0. The molecular formula is C21H22N4. The Morgan fingerprint density at radius 1 is 0.680 bits per heavy atom. The SMILES string of the molecule is Cc1cc2c(cc1N)N(c1ccccc1C)c1cc(N)c(C)cc1N2. The van der Waals surface area contributed by atoms with Gasteiger partial charge in [0.1, 0.15) is 0 Å². The summed E-state index contributed by atoms with van der Waals surface area (Å²) in [5, 5.41) is 3.54. The lowest BCUT2D eigenvalue weighted by molar-refractivity contribution is 1.22. The molecule has 1 aliphatic rings. The van der Waals surface area contributed by atoms with E-state index in [1.54, 1.807) is 0 Å². The van der Waals surface area contributed by atoms with E-state index >= 15 is 0 Å². The Morgan fingerprint density at radius 3 is 1.72 bits per heavy atom. The molecular weight excluding hydrogens is 308 g/mol. The van der Waals surface area contributed by atoms with Gasteiger partial charge in [-0.1, -0.05) is 18.2 Å². The zero-order valence-electron chi connectivity index (χ0n) is 14.7. The van der Waals surface area contributed by atoms with Crippen LogP contribution in [0.3, 0.4) is 0 Å². The number of aryl methyl sites for hydroxylation is 3. The molecule has 0 aromatic heterocycles. The summed E-state index contributed by atoms with van der Waals surface area (Å²) in [6.45, 7) is 6.17. The average molecular weight is 330 g/mol. The third-order valence-electron chi connectivity index (χ3n) is 4.88. The van der Waals surface area contributed by atoms with E-state index in [2.05, 4.69) is 53.5 Å². The minimum Gasteiger partial charge on any atom is -0.398 e. The van der Waals surface area contributed by atoms with Gasteiger partial charge in [-0.2, -0.15) is 0 Å². The van der Waals surface area contributed by atoms with Crippen LogP contribution in [-0.4, -0.2) is 0 Å². The van der Waals surface area contributed by atoms with Crippen molar-refractivity contribution >= 4 is 39.8 Å². The minimum absolute atomic E-state index is 0.780. The molecule has 1 aliphatic heterocycles. The number of hydrogen-bond donors (Lipinski definition) is 3. The summed E-state index contributed by atoms with van der Waals surface area (Å²) in [6, 6.07) is 16.6. The first kappa shape index (κ1) is 15.4. The van der Waals surface area contributed by atoms with Crippen LogP contribution in [-0.2, 0) is 0 Å². The van der Waals surface area contributed by atoms with Gasteiger partial charge in [0.15, 0.2) is 0 Å². The van der Waals surface area contributed by atoms with Gasteiger partial charge in [0.2, 0.25) is 0 Å². The molecule has 4 nitrogen and oxygen atoms in total. The minimum atomic E-state index is 0.780. The summed E-state index contributed by atoms with van der Waals surface area (Å²) in [5.41, 5.74) is 22.6. The molecule has 4 rings (SSSR count). The third-order valence-corrected chi connectivity index (χ3v) is 4.88. The van der Waals surface area contributed by atoms with Gasteiger partial charge < -0.3 is 21.7 Å². The van der Waals surface area contributed by atoms with Crippen LogP contribution in [0, 0.1) is 20.8 Å². The first-order valence-electron chi connectivity index (χ1n) is 8.38. The van der Waals surface area contributed by atoms with Crippen LogP contribution in [0.15, 0.2) is 48.5 Å². The van der Waals surface area contributed by atoms with Crippen molar-refractivity contribution in [3.63, 3.8) is 0 Å². The number of nitrogens with one attached hydrogen (secondary N) is 1. The molecule has 0 saturated heterocycles. The Labute approximate surface area is 148 Å². The highest BCUT2D eigenvalue weighted by atomic mass is 15.2. The van der Waals surface area contributed by atoms with Crippen molar-refractivity contribution in [1.82, 2.24) is 0 Å². The molecule has 0 bridgehead atoms. The number of rotatable bonds is 1. The predicted molar refractivity (Wildman–Crippen MR) is 107 cm³/mol. The maximum atomic E-state index is 6.22. The number of nitrogen functional groups attached to an aromatic ring is 2. The molecule has 3 aromatic carbocycles. The number of anilines is 7. The Balaban J connectivity index is 2.04. The Kier molecular flexibility index (Phi) is 3.35. The first-order chi connectivity index (χ1) is 12.0. The summed E-state index contributed by atoms with van der Waals surface area (Å²) in [7, 11) is 0. The van der Waals surface area contributed by atoms with Crippen molar-refractivity contribution < 1.29 is 0 Å². The van der Waals surface area contributed by atoms with E-state index in [0.717, 1.165) is 50.9 Å². The molecule has 0 unspecified atom stereocenters. The van der Waals surface area contributed by atoms with Gasteiger partial charge in [-0.25, -0.2) is 0 Å². The highest BCUT2D eigenvalue weighted by Gasteiger charge is 2.26. The fourth-order valence-electron chi connectivity index (χ4n) is 3.34. The molecule has 0 spiro atoms. The van der Waals surface area contributed by atoms with Gasteiger partial charge in [0.25, 0.3) is 0 Å². The van der Waals surface area contributed by atoms with Gasteiger partial charge in [-0.15, -0.1) is 0 Å². The molecule has 0 saturated carbocycles. The Hall–Kier alpha value is -3.14. The second kappa shape index (κ2) is 5.45. The molecule has 25 heavy (non-hydrogen) atoms. The normalized spacial score (nSPS) is 12.4. The molecule has 5 N–H and O–H groups in total. The molecule has 0 aliphatic carbocycles. The standard InChI is InChI=1S/C21H22N4/c1-12-6-4-5-7-19(12)25-20-10-15(22)13(2)8-17(20)24-18-9-14(3)16(23)11-21(18)25/h4-11,24H,22-23H2,1-3H3. The van der Waals surface area contributed by atoms with Crippen molar-refractivity contribution in [2.75, 3.05) is 21.7 Å².